The number of hydrogen-bond acceptors (Lipinski definition) is 3. The second-order valence-electron chi connectivity index (χ2n) is 5.11. The summed E-state index contributed by atoms with van der Waals surface area (Å²) in [7, 11) is -3.40. The van der Waals surface area contributed by atoms with Crippen LogP contribution < -0.4 is 0 Å². The normalized spacial score (nSPS) is 20.8. The van der Waals surface area contributed by atoms with Gasteiger partial charge in [-0.15, -0.1) is 0 Å². The summed E-state index contributed by atoms with van der Waals surface area (Å²) in [5, 5.41) is 9.10. The second-order valence-corrected chi connectivity index (χ2v) is 7.05. The summed E-state index contributed by atoms with van der Waals surface area (Å²) >= 11 is 0. The molecule has 0 spiro atoms. The maximum absolute atomic E-state index is 12.5. The van der Waals surface area contributed by atoms with E-state index in [1.807, 2.05) is 0 Å². The summed E-state index contributed by atoms with van der Waals surface area (Å²) in [5.74, 6) is 0.487. The summed E-state index contributed by atoms with van der Waals surface area (Å²) in [4.78, 5) is 0.288. The minimum atomic E-state index is -3.40. The van der Waals surface area contributed by atoms with E-state index in [0.29, 0.717) is 24.6 Å². The molecule has 1 aliphatic rings. The number of aliphatic hydroxyl groups excluding tert-OH is 1. The number of benzene rings is 1. The van der Waals surface area contributed by atoms with Gasteiger partial charge in [-0.05, 0) is 36.5 Å². The molecule has 0 amide bonds. The molecular weight excluding hydrogens is 262 g/mol. The van der Waals surface area contributed by atoms with Gasteiger partial charge >= 0.3 is 0 Å². The highest BCUT2D eigenvalue weighted by molar-refractivity contribution is 7.89. The third-order valence-corrected chi connectivity index (χ3v) is 5.53. The monoisotopic (exact) mass is 283 g/mol. The molecule has 4 nitrogen and oxygen atoms in total. The Balaban J connectivity index is 2.18. The summed E-state index contributed by atoms with van der Waals surface area (Å²) in [5.41, 5.74) is 0.630. The maximum atomic E-state index is 12.5. The molecule has 1 fully saturated rings. The van der Waals surface area contributed by atoms with Crippen molar-refractivity contribution in [3.05, 3.63) is 29.8 Å². The van der Waals surface area contributed by atoms with Crippen LogP contribution in [0.5, 0.6) is 0 Å². The average molecular weight is 283 g/mol. The van der Waals surface area contributed by atoms with Crippen LogP contribution >= 0.6 is 0 Å². The van der Waals surface area contributed by atoms with Crippen LogP contribution in [0.4, 0.5) is 0 Å². The Morgan fingerprint density at radius 3 is 2.89 bits per heavy atom. The Labute approximate surface area is 115 Å². The Bertz CT molecular complexity index is 527. The number of aliphatic hydroxyl groups is 1. The standard InChI is InChI=1S/C14H21NO3S/c1-2-4-12-7-8-15(10-12)19(17,18)14-6-3-5-13(9-14)11-16/h3,5-6,9,12,16H,2,4,7-8,10-11H2,1H3. The fourth-order valence-electron chi connectivity index (χ4n) is 2.61. The molecule has 5 heteroatoms. The van der Waals surface area contributed by atoms with Gasteiger partial charge in [0, 0.05) is 13.1 Å². The Morgan fingerprint density at radius 2 is 2.21 bits per heavy atom. The van der Waals surface area contributed by atoms with Gasteiger partial charge in [-0.25, -0.2) is 8.42 Å². The molecule has 1 aromatic carbocycles. The van der Waals surface area contributed by atoms with Crippen molar-refractivity contribution in [3.8, 4) is 0 Å². The van der Waals surface area contributed by atoms with Crippen molar-refractivity contribution < 1.29 is 13.5 Å². The molecule has 1 N–H and O–H groups in total. The molecule has 0 radical (unpaired) electrons. The van der Waals surface area contributed by atoms with Gasteiger partial charge in [0.15, 0.2) is 0 Å². The van der Waals surface area contributed by atoms with Gasteiger partial charge in [0.25, 0.3) is 0 Å². The lowest BCUT2D eigenvalue weighted by molar-refractivity contribution is 0.281. The zero-order valence-corrected chi connectivity index (χ0v) is 12.1. The first-order chi connectivity index (χ1) is 9.07. The summed E-state index contributed by atoms with van der Waals surface area (Å²) in [6.07, 6.45) is 3.13. The molecule has 1 atom stereocenters. The van der Waals surface area contributed by atoms with Crippen molar-refractivity contribution in [1.29, 1.82) is 0 Å². The van der Waals surface area contributed by atoms with Crippen molar-refractivity contribution in [2.24, 2.45) is 5.92 Å². The van der Waals surface area contributed by atoms with E-state index >= 15 is 0 Å². The molecular formula is C14H21NO3S. The number of hydrogen-bond donors (Lipinski definition) is 1. The quantitative estimate of drug-likeness (QED) is 0.899. The van der Waals surface area contributed by atoms with E-state index in [-0.39, 0.29) is 11.5 Å². The third kappa shape index (κ3) is 3.16. The summed E-state index contributed by atoms with van der Waals surface area (Å²) < 4.78 is 26.6. The van der Waals surface area contributed by atoms with Gasteiger partial charge in [0.2, 0.25) is 10.0 Å². The van der Waals surface area contributed by atoms with Gasteiger partial charge in [-0.2, -0.15) is 4.31 Å². The van der Waals surface area contributed by atoms with Crippen LogP contribution in [0.1, 0.15) is 31.7 Å². The fraction of sp³-hybridized carbons (Fsp3) is 0.571. The van der Waals surface area contributed by atoms with E-state index in [0.717, 1.165) is 19.3 Å². The molecule has 2 rings (SSSR count). The van der Waals surface area contributed by atoms with Gasteiger partial charge < -0.3 is 5.11 Å². The maximum Gasteiger partial charge on any atom is 0.243 e. The molecule has 0 saturated carbocycles. The average Bonchev–Trinajstić information content (AvgIpc) is 2.88. The Morgan fingerprint density at radius 1 is 1.42 bits per heavy atom. The predicted octanol–water partition coefficient (Wildman–Crippen LogP) is 1.99. The highest BCUT2D eigenvalue weighted by atomic mass is 32.2. The zero-order chi connectivity index (χ0) is 13.9. The number of rotatable bonds is 5. The zero-order valence-electron chi connectivity index (χ0n) is 11.2. The number of sulfonamides is 1. The Kier molecular flexibility index (Phi) is 4.60. The minimum absolute atomic E-state index is 0.137. The summed E-state index contributed by atoms with van der Waals surface area (Å²) in [6.45, 7) is 3.22. The molecule has 1 heterocycles. The van der Waals surface area contributed by atoms with Crippen molar-refractivity contribution in [3.63, 3.8) is 0 Å². The van der Waals surface area contributed by atoms with Crippen LogP contribution in [0.3, 0.4) is 0 Å². The van der Waals surface area contributed by atoms with Crippen molar-refractivity contribution in [2.45, 2.75) is 37.7 Å². The highest BCUT2D eigenvalue weighted by Crippen LogP contribution is 2.27. The van der Waals surface area contributed by atoms with Crippen LogP contribution in [-0.4, -0.2) is 30.9 Å². The third-order valence-electron chi connectivity index (χ3n) is 3.66. The van der Waals surface area contributed by atoms with Crippen molar-refractivity contribution in [2.75, 3.05) is 13.1 Å². The molecule has 1 aromatic rings. The minimum Gasteiger partial charge on any atom is -0.392 e. The van der Waals surface area contributed by atoms with Crippen molar-refractivity contribution in [1.82, 2.24) is 4.31 Å². The lowest BCUT2D eigenvalue weighted by Gasteiger charge is -2.17. The van der Waals surface area contributed by atoms with Crippen LogP contribution in [0, 0.1) is 5.92 Å². The molecule has 1 unspecified atom stereocenters. The van der Waals surface area contributed by atoms with Gasteiger partial charge in [-0.1, -0.05) is 25.5 Å². The SMILES string of the molecule is CCCC1CCN(S(=O)(=O)c2cccc(CO)c2)C1. The van der Waals surface area contributed by atoms with Crippen LogP contribution in [0.2, 0.25) is 0 Å². The smallest absolute Gasteiger partial charge is 0.243 e. The number of nitrogens with zero attached hydrogens (tertiary/aromatic N) is 1. The molecule has 1 saturated heterocycles. The van der Waals surface area contributed by atoms with Crippen LogP contribution in [0.25, 0.3) is 0 Å². The van der Waals surface area contributed by atoms with E-state index in [2.05, 4.69) is 6.92 Å². The Hall–Kier alpha value is -0.910. The molecule has 19 heavy (non-hydrogen) atoms. The lowest BCUT2D eigenvalue weighted by Crippen LogP contribution is -2.29. The van der Waals surface area contributed by atoms with Gasteiger partial charge in [0.1, 0.15) is 0 Å². The van der Waals surface area contributed by atoms with E-state index < -0.39 is 10.0 Å². The van der Waals surface area contributed by atoms with E-state index in [4.69, 9.17) is 5.11 Å². The van der Waals surface area contributed by atoms with Crippen LogP contribution in [-0.2, 0) is 16.6 Å². The van der Waals surface area contributed by atoms with E-state index in [1.54, 1.807) is 28.6 Å². The predicted molar refractivity (Wildman–Crippen MR) is 74.1 cm³/mol. The molecule has 0 aromatic heterocycles. The van der Waals surface area contributed by atoms with Crippen LogP contribution in [0.15, 0.2) is 29.2 Å². The van der Waals surface area contributed by atoms with Gasteiger partial charge in [0.05, 0.1) is 11.5 Å². The largest absolute Gasteiger partial charge is 0.392 e. The molecule has 0 aliphatic carbocycles. The molecule has 106 valence electrons. The van der Waals surface area contributed by atoms with Gasteiger partial charge in [-0.3, -0.25) is 0 Å². The van der Waals surface area contributed by atoms with Crippen molar-refractivity contribution >= 4 is 10.0 Å². The fourth-order valence-corrected chi connectivity index (χ4v) is 4.21. The van der Waals surface area contributed by atoms with E-state index in [9.17, 15) is 8.42 Å². The first kappa shape index (κ1) is 14.5. The molecule has 0 bridgehead atoms. The topological polar surface area (TPSA) is 57.6 Å². The molecule has 1 aliphatic heterocycles. The first-order valence-corrected chi connectivity index (χ1v) is 8.22. The van der Waals surface area contributed by atoms with E-state index in [1.165, 1.54) is 0 Å². The first-order valence-electron chi connectivity index (χ1n) is 6.78. The summed E-state index contributed by atoms with van der Waals surface area (Å²) in [6, 6.07) is 6.56. The lowest BCUT2D eigenvalue weighted by atomic mass is 10.0. The highest BCUT2D eigenvalue weighted by Gasteiger charge is 2.31. The second kappa shape index (κ2) is 6.03.